The summed E-state index contributed by atoms with van der Waals surface area (Å²) >= 11 is 0. The summed E-state index contributed by atoms with van der Waals surface area (Å²) in [5.74, 6) is 0.158. The summed E-state index contributed by atoms with van der Waals surface area (Å²) in [5.41, 5.74) is 1.70. The number of ether oxygens (including phenoxy) is 1. The maximum absolute atomic E-state index is 13.9. The van der Waals surface area contributed by atoms with Gasteiger partial charge in [-0.1, -0.05) is 24.3 Å². The number of methoxy groups -OCH3 is 1. The van der Waals surface area contributed by atoms with Crippen LogP contribution < -0.4 is 4.74 Å². The van der Waals surface area contributed by atoms with Crippen molar-refractivity contribution in [3.8, 4) is 17.0 Å². The second-order valence-electron chi connectivity index (χ2n) is 7.80. The number of hydrogen-bond donors (Lipinski definition) is 0. The van der Waals surface area contributed by atoms with Crippen molar-refractivity contribution in [1.29, 1.82) is 0 Å². The Balaban J connectivity index is 1.54. The number of hydrogen-bond acceptors (Lipinski definition) is 4. The zero-order valence-corrected chi connectivity index (χ0v) is 17.6. The zero-order chi connectivity index (χ0) is 23.2. The molecule has 168 valence electrons. The van der Waals surface area contributed by atoms with Crippen LogP contribution in [0.2, 0.25) is 0 Å². The Bertz CT molecular complexity index is 1350. The fraction of sp³-hybridized carbons (Fsp3) is 0.208. The number of rotatable bonds is 3. The van der Waals surface area contributed by atoms with Gasteiger partial charge in [0.15, 0.2) is 17.0 Å². The number of benzene rings is 2. The van der Waals surface area contributed by atoms with Crippen molar-refractivity contribution in [3.05, 3.63) is 83.2 Å². The summed E-state index contributed by atoms with van der Waals surface area (Å²) < 4.78 is 47.4. The Labute approximate surface area is 187 Å². The Morgan fingerprint density at radius 3 is 2.45 bits per heavy atom. The van der Waals surface area contributed by atoms with Gasteiger partial charge in [0.25, 0.3) is 5.91 Å². The summed E-state index contributed by atoms with van der Waals surface area (Å²) in [5, 5.41) is 4.00. The predicted octanol–water partition coefficient (Wildman–Crippen LogP) is 4.62. The van der Waals surface area contributed by atoms with Crippen molar-refractivity contribution in [2.45, 2.75) is 19.1 Å². The van der Waals surface area contributed by atoms with Crippen LogP contribution >= 0.6 is 0 Å². The van der Waals surface area contributed by atoms with Gasteiger partial charge < -0.3 is 9.64 Å². The highest BCUT2D eigenvalue weighted by atomic mass is 19.4. The van der Waals surface area contributed by atoms with Gasteiger partial charge in [-0.25, -0.2) is 9.50 Å². The van der Waals surface area contributed by atoms with Crippen LogP contribution in [-0.4, -0.2) is 39.1 Å². The minimum atomic E-state index is -4.68. The van der Waals surface area contributed by atoms with E-state index in [1.54, 1.807) is 29.2 Å². The number of halogens is 3. The summed E-state index contributed by atoms with van der Waals surface area (Å²) in [6.07, 6.45) is -4.00. The molecule has 0 spiro atoms. The molecule has 33 heavy (non-hydrogen) atoms. The molecule has 0 radical (unpaired) electrons. The Morgan fingerprint density at radius 1 is 1.03 bits per heavy atom. The standard InChI is InChI=1S/C24H19F3N4O2/c1-33-18-8-6-16(7-9-18)19-12-21(24(25,26)27)31-22(28-19)13-20(29-31)23(32)30-11-10-15-4-2-3-5-17(15)14-30/h2-9,12-13H,10-11,14H2,1H3. The van der Waals surface area contributed by atoms with Crippen LogP contribution in [0.15, 0.2) is 60.7 Å². The minimum Gasteiger partial charge on any atom is -0.497 e. The molecule has 6 nitrogen and oxygen atoms in total. The van der Waals surface area contributed by atoms with Crippen LogP contribution in [0.25, 0.3) is 16.9 Å². The molecule has 0 bridgehead atoms. The molecule has 9 heteroatoms. The smallest absolute Gasteiger partial charge is 0.433 e. The molecule has 2 aromatic carbocycles. The van der Waals surface area contributed by atoms with Crippen molar-refractivity contribution >= 4 is 11.6 Å². The van der Waals surface area contributed by atoms with Gasteiger partial charge in [-0.2, -0.15) is 18.3 Å². The van der Waals surface area contributed by atoms with E-state index < -0.39 is 17.8 Å². The van der Waals surface area contributed by atoms with Crippen molar-refractivity contribution in [2.24, 2.45) is 0 Å². The van der Waals surface area contributed by atoms with E-state index in [4.69, 9.17) is 4.74 Å². The monoisotopic (exact) mass is 452 g/mol. The molecule has 1 aliphatic rings. The average molecular weight is 452 g/mol. The van der Waals surface area contributed by atoms with Crippen LogP contribution in [-0.2, 0) is 19.1 Å². The number of carbonyl (C=O) groups is 1. The van der Waals surface area contributed by atoms with Gasteiger partial charge in [-0.3, -0.25) is 4.79 Å². The predicted molar refractivity (Wildman–Crippen MR) is 115 cm³/mol. The first-order valence-corrected chi connectivity index (χ1v) is 10.3. The van der Waals surface area contributed by atoms with Crippen molar-refractivity contribution in [1.82, 2.24) is 19.5 Å². The molecule has 3 heterocycles. The highest BCUT2D eigenvalue weighted by molar-refractivity contribution is 5.93. The van der Waals surface area contributed by atoms with E-state index in [0.717, 1.165) is 11.6 Å². The highest BCUT2D eigenvalue weighted by Crippen LogP contribution is 2.33. The highest BCUT2D eigenvalue weighted by Gasteiger charge is 2.36. The molecule has 0 atom stereocenters. The van der Waals surface area contributed by atoms with Gasteiger partial charge in [0.05, 0.1) is 12.8 Å². The van der Waals surface area contributed by atoms with Crippen LogP contribution in [0.5, 0.6) is 5.75 Å². The lowest BCUT2D eigenvalue weighted by atomic mass is 10.00. The van der Waals surface area contributed by atoms with Gasteiger partial charge in [-0.15, -0.1) is 0 Å². The Morgan fingerprint density at radius 2 is 1.76 bits per heavy atom. The van der Waals surface area contributed by atoms with Crippen molar-refractivity contribution < 1.29 is 22.7 Å². The van der Waals surface area contributed by atoms with E-state index >= 15 is 0 Å². The third kappa shape index (κ3) is 3.90. The molecule has 2 aromatic heterocycles. The second kappa shape index (κ2) is 7.91. The van der Waals surface area contributed by atoms with Crippen LogP contribution in [0.1, 0.15) is 27.3 Å². The molecule has 0 N–H and O–H groups in total. The normalized spacial score (nSPS) is 13.8. The quantitative estimate of drug-likeness (QED) is 0.455. The van der Waals surface area contributed by atoms with Crippen LogP contribution in [0.3, 0.4) is 0 Å². The van der Waals surface area contributed by atoms with Gasteiger partial charge in [-0.05, 0) is 47.9 Å². The Kier molecular flexibility index (Phi) is 5.03. The van der Waals surface area contributed by atoms with Crippen molar-refractivity contribution in [3.63, 3.8) is 0 Å². The van der Waals surface area contributed by atoms with E-state index in [-0.39, 0.29) is 17.0 Å². The third-order valence-corrected chi connectivity index (χ3v) is 5.74. The third-order valence-electron chi connectivity index (χ3n) is 5.74. The molecule has 0 fully saturated rings. The molecular formula is C24H19F3N4O2. The summed E-state index contributed by atoms with van der Waals surface area (Å²) in [4.78, 5) is 19.0. The van der Waals surface area contributed by atoms with E-state index in [1.807, 2.05) is 24.3 Å². The summed E-state index contributed by atoms with van der Waals surface area (Å²) in [7, 11) is 1.51. The number of fused-ring (bicyclic) bond motifs is 2. The maximum Gasteiger partial charge on any atom is 0.433 e. The molecule has 0 saturated heterocycles. The number of carbonyl (C=O) groups excluding carboxylic acids is 1. The molecule has 0 aliphatic carbocycles. The second-order valence-corrected chi connectivity index (χ2v) is 7.80. The maximum atomic E-state index is 13.9. The van der Waals surface area contributed by atoms with Gasteiger partial charge in [0, 0.05) is 24.7 Å². The number of nitrogens with zero attached hydrogens (tertiary/aromatic N) is 4. The van der Waals surface area contributed by atoms with Gasteiger partial charge >= 0.3 is 6.18 Å². The molecule has 0 unspecified atom stereocenters. The van der Waals surface area contributed by atoms with Crippen LogP contribution in [0.4, 0.5) is 13.2 Å². The topological polar surface area (TPSA) is 59.7 Å². The molecule has 4 aromatic rings. The van der Waals surface area contributed by atoms with E-state index in [9.17, 15) is 18.0 Å². The first-order chi connectivity index (χ1) is 15.8. The Hall–Kier alpha value is -3.88. The largest absolute Gasteiger partial charge is 0.497 e. The molecule has 1 amide bonds. The van der Waals surface area contributed by atoms with Crippen LogP contribution in [0, 0.1) is 0 Å². The first kappa shape index (κ1) is 21.0. The zero-order valence-electron chi connectivity index (χ0n) is 17.6. The van der Waals surface area contributed by atoms with Crippen molar-refractivity contribution in [2.75, 3.05) is 13.7 Å². The number of aromatic nitrogens is 3. The lowest BCUT2D eigenvalue weighted by molar-refractivity contribution is -0.142. The van der Waals surface area contributed by atoms with E-state index in [0.29, 0.717) is 35.3 Å². The molecule has 5 rings (SSSR count). The average Bonchev–Trinajstić information content (AvgIpc) is 3.26. The summed E-state index contributed by atoms with van der Waals surface area (Å²) in [6, 6.07) is 16.6. The van der Waals surface area contributed by atoms with E-state index in [2.05, 4.69) is 10.1 Å². The molecular weight excluding hydrogens is 433 g/mol. The number of alkyl halides is 3. The number of amides is 1. The minimum absolute atomic E-state index is 0.0450. The summed E-state index contributed by atoms with van der Waals surface area (Å²) in [6.45, 7) is 0.861. The van der Waals surface area contributed by atoms with Gasteiger partial charge in [0.1, 0.15) is 5.75 Å². The fourth-order valence-electron chi connectivity index (χ4n) is 4.02. The van der Waals surface area contributed by atoms with E-state index in [1.165, 1.54) is 18.7 Å². The lowest BCUT2D eigenvalue weighted by Crippen LogP contribution is -2.36. The molecule has 1 aliphatic heterocycles. The lowest BCUT2D eigenvalue weighted by Gasteiger charge is -2.28. The first-order valence-electron chi connectivity index (χ1n) is 10.3. The molecule has 0 saturated carbocycles. The fourth-order valence-corrected chi connectivity index (χ4v) is 4.02. The van der Waals surface area contributed by atoms with Gasteiger partial charge in [0.2, 0.25) is 0 Å². The SMILES string of the molecule is COc1ccc(-c2cc(C(F)(F)F)n3nc(C(=O)N4CCc5ccccc5C4)cc3n2)cc1.